The standard InChI is InChI=1S/C26H30N4O2/c1-32-24-10-9-23-20(25(24)30-12-3-2-4-13-30)11-15-29(23)14-5-6-19-17-28-22-8-7-18(26(27)31)16-21(19)22/h7-11,15-17,28H,2-6,12-14H2,1H3,(H2,27,31). The van der Waals surface area contributed by atoms with Gasteiger partial charge in [0.15, 0.2) is 0 Å². The Bertz CT molecular complexity index is 1260. The molecule has 0 aliphatic carbocycles. The maximum atomic E-state index is 11.6. The molecule has 0 bridgehead atoms. The Hall–Kier alpha value is -3.41. The second-order valence-corrected chi connectivity index (χ2v) is 8.65. The van der Waals surface area contributed by atoms with E-state index in [0.717, 1.165) is 49.1 Å². The third-order valence-corrected chi connectivity index (χ3v) is 6.68. The fourth-order valence-electron chi connectivity index (χ4n) is 5.02. The molecule has 2 aromatic carbocycles. The molecule has 6 nitrogen and oxygen atoms in total. The molecule has 5 rings (SSSR count). The number of nitrogens with one attached hydrogen (secondary N) is 1. The number of carbonyl (C=O) groups excluding carboxylic acids is 1. The van der Waals surface area contributed by atoms with E-state index in [1.807, 2.05) is 18.3 Å². The van der Waals surface area contributed by atoms with E-state index in [1.54, 1.807) is 13.2 Å². The number of ether oxygens (including phenoxy) is 1. The largest absolute Gasteiger partial charge is 0.495 e. The fourth-order valence-corrected chi connectivity index (χ4v) is 5.02. The van der Waals surface area contributed by atoms with E-state index in [4.69, 9.17) is 10.5 Å². The minimum absolute atomic E-state index is 0.391. The highest BCUT2D eigenvalue weighted by atomic mass is 16.5. The quantitative estimate of drug-likeness (QED) is 0.440. The van der Waals surface area contributed by atoms with Crippen LogP contribution in [0.5, 0.6) is 5.75 Å². The van der Waals surface area contributed by atoms with E-state index >= 15 is 0 Å². The van der Waals surface area contributed by atoms with Gasteiger partial charge in [-0.3, -0.25) is 4.79 Å². The van der Waals surface area contributed by atoms with E-state index in [-0.39, 0.29) is 0 Å². The highest BCUT2D eigenvalue weighted by Crippen LogP contribution is 2.38. The molecule has 1 amide bonds. The first-order valence-corrected chi connectivity index (χ1v) is 11.5. The summed E-state index contributed by atoms with van der Waals surface area (Å²) >= 11 is 0. The number of rotatable bonds is 7. The first kappa shape index (κ1) is 20.5. The summed E-state index contributed by atoms with van der Waals surface area (Å²) in [7, 11) is 1.76. The van der Waals surface area contributed by atoms with Crippen molar-refractivity contribution in [3.05, 3.63) is 59.9 Å². The number of nitrogens with two attached hydrogens (primary N) is 1. The zero-order valence-corrected chi connectivity index (χ0v) is 18.6. The Kier molecular flexibility index (Phi) is 5.52. The number of H-pyrrole nitrogens is 1. The van der Waals surface area contributed by atoms with Gasteiger partial charge < -0.3 is 24.9 Å². The van der Waals surface area contributed by atoms with Crippen LogP contribution in [0.3, 0.4) is 0 Å². The summed E-state index contributed by atoms with van der Waals surface area (Å²) in [5.74, 6) is 0.569. The van der Waals surface area contributed by atoms with Gasteiger partial charge in [0.25, 0.3) is 0 Å². The van der Waals surface area contributed by atoms with Crippen molar-refractivity contribution < 1.29 is 9.53 Å². The van der Waals surface area contributed by atoms with E-state index in [0.29, 0.717) is 5.56 Å². The van der Waals surface area contributed by atoms with Crippen LogP contribution in [0.1, 0.15) is 41.6 Å². The van der Waals surface area contributed by atoms with Gasteiger partial charge in [0.1, 0.15) is 5.75 Å². The lowest BCUT2D eigenvalue weighted by atomic mass is 10.1. The van der Waals surface area contributed by atoms with Gasteiger partial charge in [0.2, 0.25) is 5.91 Å². The Morgan fingerprint density at radius 3 is 2.72 bits per heavy atom. The van der Waals surface area contributed by atoms with Gasteiger partial charge in [-0.2, -0.15) is 0 Å². The average Bonchev–Trinajstić information content (AvgIpc) is 3.42. The summed E-state index contributed by atoms with van der Waals surface area (Å²) < 4.78 is 8.07. The number of amides is 1. The zero-order valence-electron chi connectivity index (χ0n) is 18.6. The van der Waals surface area contributed by atoms with Gasteiger partial charge in [0, 0.05) is 53.9 Å². The number of carbonyl (C=O) groups is 1. The number of benzene rings is 2. The van der Waals surface area contributed by atoms with Crippen LogP contribution in [-0.2, 0) is 13.0 Å². The number of anilines is 1. The number of fused-ring (bicyclic) bond motifs is 2. The van der Waals surface area contributed by atoms with E-state index in [2.05, 4.69) is 38.8 Å². The van der Waals surface area contributed by atoms with Crippen molar-refractivity contribution in [1.82, 2.24) is 9.55 Å². The fraction of sp³-hybridized carbons (Fsp3) is 0.346. The molecule has 1 saturated heterocycles. The van der Waals surface area contributed by atoms with Crippen molar-refractivity contribution in [3.8, 4) is 5.75 Å². The number of hydrogen-bond acceptors (Lipinski definition) is 3. The lowest BCUT2D eigenvalue weighted by molar-refractivity contribution is 0.100. The Labute approximate surface area is 187 Å². The first-order valence-electron chi connectivity index (χ1n) is 11.5. The highest BCUT2D eigenvalue weighted by molar-refractivity contribution is 5.98. The van der Waals surface area contributed by atoms with Gasteiger partial charge in [-0.05, 0) is 74.1 Å². The van der Waals surface area contributed by atoms with Crippen LogP contribution in [-0.4, -0.2) is 35.7 Å². The van der Waals surface area contributed by atoms with E-state index in [9.17, 15) is 4.79 Å². The molecule has 0 spiro atoms. The number of methoxy groups -OCH3 is 1. The third-order valence-electron chi connectivity index (χ3n) is 6.68. The van der Waals surface area contributed by atoms with Gasteiger partial charge in [-0.25, -0.2) is 0 Å². The molecule has 32 heavy (non-hydrogen) atoms. The smallest absolute Gasteiger partial charge is 0.248 e. The summed E-state index contributed by atoms with van der Waals surface area (Å²) in [6.45, 7) is 3.11. The predicted molar refractivity (Wildman–Crippen MR) is 130 cm³/mol. The Morgan fingerprint density at radius 1 is 1.09 bits per heavy atom. The normalized spacial score (nSPS) is 14.3. The topological polar surface area (TPSA) is 76.3 Å². The van der Waals surface area contributed by atoms with Crippen LogP contribution in [0.15, 0.2) is 48.8 Å². The summed E-state index contributed by atoms with van der Waals surface area (Å²) in [5.41, 5.74) is 10.8. The molecule has 166 valence electrons. The number of aromatic amines is 1. The van der Waals surface area contributed by atoms with Gasteiger partial charge in [0.05, 0.1) is 18.3 Å². The predicted octanol–water partition coefficient (Wildman–Crippen LogP) is 4.85. The molecule has 2 aromatic heterocycles. The van der Waals surface area contributed by atoms with E-state index in [1.165, 1.54) is 41.4 Å². The number of primary amides is 1. The average molecular weight is 431 g/mol. The molecule has 4 aromatic rings. The molecule has 6 heteroatoms. The Balaban J connectivity index is 1.37. The highest BCUT2D eigenvalue weighted by Gasteiger charge is 2.19. The van der Waals surface area contributed by atoms with Crippen LogP contribution < -0.4 is 15.4 Å². The van der Waals surface area contributed by atoms with Crippen molar-refractivity contribution >= 4 is 33.4 Å². The van der Waals surface area contributed by atoms with E-state index < -0.39 is 5.91 Å². The second kappa shape index (κ2) is 8.61. The van der Waals surface area contributed by atoms with Crippen molar-refractivity contribution in [2.75, 3.05) is 25.1 Å². The molecule has 0 unspecified atom stereocenters. The van der Waals surface area contributed by atoms with Gasteiger partial charge >= 0.3 is 0 Å². The molecule has 0 radical (unpaired) electrons. The summed E-state index contributed by atoms with van der Waals surface area (Å²) in [6.07, 6.45) is 9.95. The van der Waals surface area contributed by atoms with Crippen molar-refractivity contribution in [2.24, 2.45) is 5.73 Å². The number of aryl methyl sites for hydroxylation is 2. The molecule has 0 saturated carbocycles. The molecule has 1 aliphatic heterocycles. The summed E-state index contributed by atoms with van der Waals surface area (Å²) in [4.78, 5) is 17.3. The number of piperidine rings is 1. The lowest BCUT2D eigenvalue weighted by Gasteiger charge is -2.30. The Morgan fingerprint density at radius 2 is 1.94 bits per heavy atom. The monoisotopic (exact) mass is 430 g/mol. The number of hydrogen-bond donors (Lipinski definition) is 2. The van der Waals surface area contributed by atoms with Crippen molar-refractivity contribution in [2.45, 2.75) is 38.6 Å². The molecular weight excluding hydrogens is 400 g/mol. The van der Waals surface area contributed by atoms with Crippen LogP contribution in [0.4, 0.5) is 5.69 Å². The van der Waals surface area contributed by atoms with Gasteiger partial charge in [-0.1, -0.05) is 0 Å². The molecule has 1 fully saturated rings. The maximum absolute atomic E-state index is 11.6. The SMILES string of the molecule is COc1ccc2c(ccn2CCCc2c[nH]c3ccc(C(N)=O)cc23)c1N1CCCCC1. The van der Waals surface area contributed by atoms with Crippen LogP contribution in [0, 0.1) is 0 Å². The van der Waals surface area contributed by atoms with Crippen LogP contribution in [0.2, 0.25) is 0 Å². The van der Waals surface area contributed by atoms with Gasteiger partial charge in [-0.15, -0.1) is 0 Å². The van der Waals surface area contributed by atoms with Crippen molar-refractivity contribution in [1.29, 1.82) is 0 Å². The number of nitrogens with zero attached hydrogens (tertiary/aromatic N) is 2. The zero-order chi connectivity index (χ0) is 22.1. The minimum atomic E-state index is -0.391. The third kappa shape index (κ3) is 3.70. The van der Waals surface area contributed by atoms with Crippen LogP contribution in [0.25, 0.3) is 21.8 Å². The summed E-state index contributed by atoms with van der Waals surface area (Å²) in [6, 6.07) is 12.1. The second-order valence-electron chi connectivity index (χ2n) is 8.65. The minimum Gasteiger partial charge on any atom is -0.495 e. The maximum Gasteiger partial charge on any atom is 0.248 e. The molecular formula is C26H30N4O2. The lowest BCUT2D eigenvalue weighted by Crippen LogP contribution is -2.29. The molecule has 1 aliphatic rings. The number of aromatic nitrogens is 2. The molecule has 3 heterocycles. The first-order chi connectivity index (χ1) is 15.7. The van der Waals surface area contributed by atoms with Crippen molar-refractivity contribution in [3.63, 3.8) is 0 Å². The summed E-state index contributed by atoms with van der Waals surface area (Å²) in [5, 5.41) is 2.35. The van der Waals surface area contributed by atoms with Crippen LogP contribution >= 0.6 is 0 Å². The molecule has 0 atom stereocenters. The molecule has 3 N–H and O–H groups in total.